The molecule has 0 unspecified atom stereocenters. The second kappa shape index (κ2) is 5.48. The van der Waals surface area contributed by atoms with E-state index < -0.39 is 5.79 Å². The van der Waals surface area contributed by atoms with Gasteiger partial charge in [-0.25, -0.2) is 0 Å². The Morgan fingerprint density at radius 1 is 1.26 bits per heavy atom. The van der Waals surface area contributed by atoms with E-state index in [4.69, 9.17) is 14.6 Å². The van der Waals surface area contributed by atoms with Gasteiger partial charge in [0, 0.05) is 38.6 Å². The van der Waals surface area contributed by atoms with E-state index in [1.165, 1.54) is 0 Å². The predicted molar refractivity (Wildman–Crippen MR) is 71.3 cm³/mol. The van der Waals surface area contributed by atoms with Gasteiger partial charge in [-0.1, -0.05) is 0 Å². The van der Waals surface area contributed by atoms with Crippen LogP contribution in [0.1, 0.15) is 33.1 Å². The highest BCUT2D eigenvalue weighted by molar-refractivity contribution is 5.91. The molecule has 2 N–H and O–H groups in total. The van der Waals surface area contributed by atoms with Crippen molar-refractivity contribution in [3.63, 3.8) is 0 Å². The van der Waals surface area contributed by atoms with Crippen LogP contribution in [0.2, 0.25) is 0 Å². The van der Waals surface area contributed by atoms with E-state index in [9.17, 15) is 4.79 Å². The summed E-state index contributed by atoms with van der Waals surface area (Å²) < 4.78 is 11.2. The van der Waals surface area contributed by atoms with Gasteiger partial charge in [0.1, 0.15) is 0 Å². The molecule has 19 heavy (non-hydrogen) atoms. The van der Waals surface area contributed by atoms with E-state index in [2.05, 4.69) is 5.32 Å². The molecule has 0 bridgehead atoms. The van der Waals surface area contributed by atoms with Gasteiger partial charge in [0.2, 0.25) is 11.7 Å². The minimum Gasteiger partial charge on any atom is -0.449 e. The molecule has 1 amide bonds. The number of fused-ring (bicyclic) bond motifs is 1. The number of aliphatic hydroxyl groups is 1. The number of amides is 1. The Morgan fingerprint density at radius 2 is 2.00 bits per heavy atom. The largest absolute Gasteiger partial charge is 0.449 e. The fourth-order valence-electron chi connectivity index (χ4n) is 1.92. The maximum absolute atomic E-state index is 11.7. The van der Waals surface area contributed by atoms with Crippen molar-refractivity contribution in [2.75, 3.05) is 11.9 Å². The summed E-state index contributed by atoms with van der Waals surface area (Å²) in [7, 11) is 0. The van der Waals surface area contributed by atoms with Gasteiger partial charge in [-0.2, -0.15) is 0 Å². The van der Waals surface area contributed by atoms with Crippen LogP contribution in [0.5, 0.6) is 11.5 Å². The third-order valence-corrected chi connectivity index (χ3v) is 2.75. The lowest BCUT2D eigenvalue weighted by atomic mass is 10.2. The van der Waals surface area contributed by atoms with Crippen molar-refractivity contribution in [1.29, 1.82) is 0 Å². The molecule has 1 aliphatic rings. The second-order valence-corrected chi connectivity index (χ2v) is 4.99. The summed E-state index contributed by atoms with van der Waals surface area (Å²) in [6, 6.07) is 5.33. The van der Waals surface area contributed by atoms with Crippen LogP contribution in [0, 0.1) is 0 Å². The Kier molecular flexibility index (Phi) is 3.95. The van der Waals surface area contributed by atoms with Gasteiger partial charge < -0.3 is 19.9 Å². The number of hydrogen-bond acceptors (Lipinski definition) is 4. The third kappa shape index (κ3) is 3.61. The van der Waals surface area contributed by atoms with Gasteiger partial charge in [0.05, 0.1) is 0 Å². The standard InChI is InChI=1S/C14H19NO4/c1-14(2)18-11-7-6-10(9-12(11)19-14)15-13(17)5-3-4-8-16/h6-7,9,16H,3-5,8H2,1-2H3,(H,15,17). The topological polar surface area (TPSA) is 67.8 Å². The Bertz CT molecular complexity index is 471. The fourth-order valence-corrected chi connectivity index (χ4v) is 1.92. The summed E-state index contributed by atoms with van der Waals surface area (Å²) >= 11 is 0. The van der Waals surface area contributed by atoms with Crippen molar-refractivity contribution < 1.29 is 19.4 Å². The zero-order chi connectivity index (χ0) is 13.9. The van der Waals surface area contributed by atoms with E-state index in [1.807, 2.05) is 13.8 Å². The lowest BCUT2D eigenvalue weighted by Crippen LogP contribution is -2.29. The van der Waals surface area contributed by atoms with Crippen LogP contribution in [0.3, 0.4) is 0 Å². The monoisotopic (exact) mass is 265 g/mol. The van der Waals surface area contributed by atoms with E-state index in [-0.39, 0.29) is 12.5 Å². The molecule has 1 aromatic rings. The first-order chi connectivity index (χ1) is 9.00. The molecule has 0 aliphatic carbocycles. The van der Waals surface area contributed by atoms with E-state index in [0.29, 0.717) is 36.4 Å². The molecule has 1 aromatic carbocycles. The Hall–Kier alpha value is -1.75. The number of rotatable bonds is 5. The average molecular weight is 265 g/mol. The van der Waals surface area contributed by atoms with E-state index >= 15 is 0 Å². The molecule has 5 heteroatoms. The number of carbonyl (C=O) groups excluding carboxylic acids is 1. The lowest BCUT2D eigenvalue weighted by Gasteiger charge is -2.16. The number of unbranched alkanes of at least 4 members (excludes halogenated alkanes) is 1. The number of anilines is 1. The van der Waals surface area contributed by atoms with Crippen LogP contribution in [0.15, 0.2) is 18.2 Å². The van der Waals surface area contributed by atoms with Crippen LogP contribution in [-0.4, -0.2) is 23.4 Å². The highest BCUT2D eigenvalue weighted by Gasteiger charge is 2.31. The molecular formula is C14H19NO4. The van der Waals surface area contributed by atoms with Gasteiger partial charge >= 0.3 is 0 Å². The molecule has 0 atom stereocenters. The third-order valence-electron chi connectivity index (χ3n) is 2.75. The van der Waals surface area contributed by atoms with Gasteiger partial charge in [-0.05, 0) is 25.0 Å². The van der Waals surface area contributed by atoms with Crippen molar-refractivity contribution in [2.45, 2.75) is 38.9 Å². The zero-order valence-electron chi connectivity index (χ0n) is 11.2. The highest BCUT2D eigenvalue weighted by Crippen LogP contribution is 2.40. The number of aliphatic hydroxyl groups excluding tert-OH is 1. The maximum atomic E-state index is 11.7. The van der Waals surface area contributed by atoms with Crippen molar-refractivity contribution in [3.05, 3.63) is 18.2 Å². The van der Waals surface area contributed by atoms with Crippen LogP contribution >= 0.6 is 0 Å². The summed E-state index contributed by atoms with van der Waals surface area (Å²) in [6.45, 7) is 3.78. The van der Waals surface area contributed by atoms with Crippen LogP contribution in [-0.2, 0) is 4.79 Å². The Labute approximate surface area is 112 Å². The van der Waals surface area contributed by atoms with Crippen LogP contribution < -0.4 is 14.8 Å². The van der Waals surface area contributed by atoms with E-state index in [1.54, 1.807) is 18.2 Å². The average Bonchev–Trinajstić information content (AvgIpc) is 2.62. The number of ether oxygens (including phenoxy) is 2. The molecule has 1 heterocycles. The van der Waals surface area contributed by atoms with E-state index in [0.717, 1.165) is 0 Å². The summed E-state index contributed by atoms with van der Waals surface area (Å²) in [5.74, 6) is 0.597. The summed E-state index contributed by atoms with van der Waals surface area (Å²) in [6.07, 6.45) is 1.73. The van der Waals surface area contributed by atoms with Crippen molar-refractivity contribution in [1.82, 2.24) is 0 Å². The van der Waals surface area contributed by atoms with Crippen molar-refractivity contribution in [2.24, 2.45) is 0 Å². The molecule has 1 aliphatic heterocycles. The molecule has 2 rings (SSSR count). The SMILES string of the molecule is CC1(C)Oc2ccc(NC(=O)CCCCO)cc2O1. The number of benzene rings is 1. The fraction of sp³-hybridized carbons (Fsp3) is 0.500. The van der Waals surface area contributed by atoms with Crippen LogP contribution in [0.25, 0.3) is 0 Å². The zero-order valence-corrected chi connectivity index (χ0v) is 11.2. The first-order valence-corrected chi connectivity index (χ1v) is 6.43. The second-order valence-electron chi connectivity index (χ2n) is 4.99. The van der Waals surface area contributed by atoms with Gasteiger partial charge in [0.15, 0.2) is 11.5 Å². The predicted octanol–water partition coefficient (Wildman–Crippen LogP) is 2.29. The Morgan fingerprint density at radius 3 is 2.74 bits per heavy atom. The molecule has 0 spiro atoms. The maximum Gasteiger partial charge on any atom is 0.246 e. The smallest absolute Gasteiger partial charge is 0.246 e. The molecule has 0 fully saturated rings. The lowest BCUT2D eigenvalue weighted by molar-refractivity contribution is -0.116. The highest BCUT2D eigenvalue weighted by atomic mass is 16.7. The van der Waals surface area contributed by atoms with Gasteiger partial charge in [0.25, 0.3) is 0 Å². The molecule has 0 radical (unpaired) electrons. The molecular weight excluding hydrogens is 246 g/mol. The minimum absolute atomic E-state index is 0.0634. The van der Waals surface area contributed by atoms with Crippen LogP contribution in [0.4, 0.5) is 5.69 Å². The molecule has 104 valence electrons. The van der Waals surface area contributed by atoms with Crippen molar-refractivity contribution in [3.8, 4) is 11.5 Å². The van der Waals surface area contributed by atoms with Gasteiger partial charge in [-0.15, -0.1) is 0 Å². The molecule has 0 saturated heterocycles. The molecule has 0 saturated carbocycles. The quantitative estimate of drug-likeness (QED) is 0.802. The number of hydrogen-bond donors (Lipinski definition) is 2. The van der Waals surface area contributed by atoms with Crippen molar-refractivity contribution >= 4 is 11.6 Å². The number of carbonyl (C=O) groups is 1. The minimum atomic E-state index is -0.661. The first kappa shape index (κ1) is 13.7. The number of nitrogens with one attached hydrogen (secondary N) is 1. The Balaban J connectivity index is 1.95. The summed E-state index contributed by atoms with van der Waals surface area (Å²) in [5.41, 5.74) is 0.689. The summed E-state index contributed by atoms with van der Waals surface area (Å²) in [4.78, 5) is 11.7. The van der Waals surface area contributed by atoms with Gasteiger partial charge in [-0.3, -0.25) is 4.79 Å². The summed E-state index contributed by atoms with van der Waals surface area (Å²) in [5, 5.41) is 11.5. The first-order valence-electron chi connectivity index (χ1n) is 6.43. The molecule has 5 nitrogen and oxygen atoms in total. The molecule has 0 aromatic heterocycles. The normalized spacial score (nSPS) is 15.3.